The van der Waals surface area contributed by atoms with Crippen LogP contribution in [0.25, 0.3) is 52.0 Å². The van der Waals surface area contributed by atoms with Crippen LogP contribution in [0.15, 0.2) is 24.3 Å². The van der Waals surface area contributed by atoms with Crippen molar-refractivity contribution in [3.8, 4) is 203 Å². The fourth-order valence-corrected chi connectivity index (χ4v) is 6.36. The number of benzene rings is 2. The first-order chi connectivity index (χ1) is 28.6. The van der Waals surface area contributed by atoms with Gasteiger partial charge in [-0.25, -0.2) is 0 Å². The first-order valence-electron chi connectivity index (χ1n) is 15.3. The van der Waals surface area contributed by atoms with E-state index in [1.807, 2.05) is 24.3 Å². The Morgan fingerprint density at radius 3 is 1.07 bits per heavy atom. The van der Waals surface area contributed by atoms with E-state index in [9.17, 15) is 10.5 Å². The lowest BCUT2D eigenvalue weighted by atomic mass is 9.95. The van der Waals surface area contributed by atoms with Gasteiger partial charge in [-0.1, -0.05) is 11.8 Å². The molecule has 6 heteroatoms. The van der Waals surface area contributed by atoms with Gasteiger partial charge in [0.05, 0.1) is 4.53 Å². The molecule has 0 bridgehead atoms. The Labute approximate surface area is 343 Å². The highest BCUT2D eigenvalue weighted by Gasteiger charge is 2.17. The SMILES string of the molecule is [C-]#[N+]C([N+]#[C-])=c1cc2c(C#CC#CC#CC#CC#CC#CC#CC#C)c3cc4sc(=C(C#N)C#N)cc4c(C#CC#CC#CC#CC#CC#CC#CC#C)c3cc2s1. The lowest BCUT2D eigenvalue weighted by Gasteiger charge is -2.07. The quantitative estimate of drug-likeness (QED) is 0.198. The topological polar surface area (TPSA) is 56.3 Å². The second-order valence-electron chi connectivity index (χ2n) is 9.58. The minimum Gasteiger partial charge on any atom is -0.192 e. The van der Waals surface area contributed by atoms with Crippen LogP contribution in [0, 0.1) is 226 Å². The van der Waals surface area contributed by atoms with E-state index in [1.165, 1.54) is 22.7 Å². The van der Waals surface area contributed by atoms with Crippen LogP contribution >= 0.6 is 22.7 Å². The Morgan fingerprint density at radius 1 is 0.431 bits per heavy atom. The molecule has 246 valence electrons. The molecule has 2 aromatic heterocycles. The summed E-state index contributed by atoms with van der Waals surface area (Å²) in [6.07, 6.45) is 10.0. The van der Waals surface area contributed by atoms with E-state index in [0.717, 1.165) is 9.40 Å². The van der Waals surface area contributed by atoms with Gasteiger partial charge in [-0.05, 0) is 190 Å². The van der Waals surface area contributed by atoms with E-state index in [1.54, 1.807) is 12.1 Å². The van der Waals surface area contributed by atoms with Crippen molar-refractivity contribution in [3.63, 3.8) is 0 Å². The molecule has 0 aliphatic carbocycles. The summed E-state index contributed by atoms with van der Waals surface area (Å²) < 4.78 is 2.40. The van der Waals surface area contributed by atoms with Crippen molar-refractivity contribution in [3.05, 3.63) is 67.3 Å². The first-order valence-corrected chi connectivity index (χ1v) is 16.9. The molecule has 4 nitrogen and oxygen atoms in total. The van der Waals surface area contributed by atoms with Crippen molar-refractivity contribution in [1.82, 2.24) is 0 Å². The van der Waals surface area contributed by atoms with Gasteiger partial charge in [0.15, 0.2) is 0 Å². The number of terminal acetylenes is 2. The summed E-state index contributed by atoms with van der Waals surface area (Å²) in [6, 6.07) is 11.2. The third kappa shape index (κ3) is 11.1. The average Bonchev–Trinajstić information content (AvgIpc) is 3.86. The number of nitrogens with zero attached hydrogens (tertiary/aromatic N) is 4. The number of thiophene rings is 2. The number of hydrogen-bond acceptors (Lipinski definition) is 4. The minimum atomic E-state index is -0.0795. The van der Waals surface area contributed by atoms with Crippen LogP contribution in [0.2, 0.25) is 0 Å². The Hall–Kier alpha value is -10.7. The van der Waals surface area contributed by atoms with E-state index in [4.69, 9.17) is 26.0 Å². The van der Waals surface area contributed by atoms with E-state index in [2.05, 4.69) is 187 Å². The molecule has 4 rings (SSSR count). The van der Waals surface area contributed by atoms with Crippen molar-refractivity contribution < 1.29 is 0 Å². The van der Waals surface area contributed by atoms with Crippen LogP contribution in [0.3, 0.4) is 0 Å². The van der Waals surface area contributed by atoms with Crippen LogP contribution in [0.1, 0.15) is 11.1 Å². The Morgan fingerprint density at radius 2 is 0.741 bits per heavy atom. The van der Waals surface area contributed by atoms with Gasteiger partial charge >= 0.3 is 5.82 Å². The van der Waals surface area contributed by atoms with Crippen LogP contribution in [-0.4, -0.2) is 0 Å². The summed E-state index contributed by atoms with van der Waals surface area (Å²) >= 11 is 2.51. The molecule has 0 aliphatic heterocycles. The van der Waals surface area contributed by atoms with Gasteiger partial charge in [-0.15, -0.1) is 35.5 Å². The molecular formula is C52H6N4S2. The van der Waals surface area contributed by atoms with Crippen LogP contribution in [0.5, 0.6) is 0 Å². The Balaban J connectivity index is 1.90. The van der Waals surface area contributed by atoms with Crippen LogP contribution in [-0.2, 0) is 0 Å². The molecular weight excluding hydrogens is 745 g/mol. The number of nitriles is 2. The average molecular weight is 751 g/mol. The monoisotopic (exact) mass is 750 g/mol. The molecule has 0 unspecified atom stereocenters. The zero-order valence-electron chi connectivity index (χ0n) is 29.1. The third-order valence-electron chi connectivity index (χ3n) is 6.36. The molecule has 0 aliphatic rings. The first kappa shape index (κ1) is 40.1. The highest BCUT2D eigenvalue weighted by atomic mass is 32.1. The summed E-state index contributed by atoms with van der Waals surface area (Å²) in [4.78, 5) is 6.78. The summed E-state index contributed by atoms with van der Waals surface area (Å²) in [7, 11) is 0. The van der Waals surface area contributed by atoms with E-state index >= 15 is 0 Å². The second kappa shape index (κ2) is 22.3. The lowest BCUT2D eigenvalue weighted by molar-refractivity contribution is 1.51. The Bertz CT molecular complexity index is 3600. The van der Waals surface area contributed by atoms with Gasteiger partial charge < -0.3 is 0 Å². The molecule has 2 aromatic carbocycles. The highest BCUT2D eigenvalue weighted by molar-refractivity contribution is 7.17. The number of rotatable bonds is 0. The van der Waals surface area contributed by atoms with Crippen LogP contribution < -0.4 is 9.06 Å². The molecule has 0 saturated carbocycles. The van der Waals surface area contributed by atoms with Gasteiger partial charge in [0.2, 0.25) is 0 Å². The van der Waals surface area contributed by atoms with Gasteiger partial charge in [-0.3, -0.25) is 0 Å². The van der Waals surface area contributed by atoms with Crippen molar-refractivity contribution in [2.45, 2.75) is 0 Å². The lowest BCUT2D eigenvalue weighted by Crippen LogP contribution is -1.94. The maximum absolute atomic E-state index is 9.61. The predicted molar refractivity (Wildman–Crippen MR) is 230 cm³/mol. The summed E-state index contributed by atoms with van der Waals surface area (Å²) in [5, 5.41) is 22.0. The van der Waals surface area contributed by atoms with Crippen LogP contribution in [0.4, 0.5) is 0 Å². The molecule has 0 radical (unpaired) electrons. The highest BCUT2D eigenvalue weighted by Crippen LogP contribution is 2.36. The van der Waals surface area contributed by atoms with Gasteiger partial charge in [0.1, 0.15) is 35.4 Å². The number of fused-ring (bicyclic) bond motifs is 3. The standard InChI is InChI=1S/C52H6N4S2/c1-5-7-9-11-13-15-17-19-21-23-25-27-29-31-33-42-45-36-50-47(38-51(58-50)52(55-3)56-4)43(44(45)35-49-46(42)37-48(57-49)41(39-53)40-54)34-32-30-28-26-24-22-20-18-16-14-12-10-8-6-2/h1-2,35-38H. The summed E-state index contributed by atoms with van der Waals surface area (Å²) in [6.45, 7) is 15.0. The minimum absolute atomic E-state index is 0.0469. The van der Waals surface area contributed by atoms with E-state index in [0.29, 0.717) is 41.7 Å². The largest absolute Gasteiger partial charge is 0.536 e. The summed E-state index contributed by atoms with van der Waals surface area (Å²) in [5.74, 6) is 76.7. The fourth-order valence-electron chi connectivity index (χ4n) is 4.26. The molecule has 0 saturated heterocycles. The van der Waals surface area contributed by atoms with Crippen molar-refractivity contribution in [2.24, 2.45) is 0 Å². The van der Waals surface area contributed by atoms with Crippen molar-refractivity contribution in [2.75, 3.05) is 0 Å². The molecule has 0 N–H and O–H groups in total. The van der Waals surface area contributed by atoms with Gasteiger partial charge in [0, 0.05) is 42.1 Å². The number of hydrogen-bond donors (Lipinski definition) is 0. The summed E-state index contributed by atoms with van der Waals surface area (Å²) in [5.41, 5.74) is 1.07. The second-order valence-corrected chi connectivity index (χ2v) is 11.7. The normalized spacial score (nSPS) is 7.00. The molecule has 58 heavy (non-hydrogen) atoms. The molecule has 0 fully saturated rings. The fraction of sp³-hybridized carbons (Fsp3) is 0. The molecule has 0 spiro atoms. The van der Waals surface area contributed by atoms with Crippen molar-refractivity contribution >= 4 is 65.0 Å². The van der Waals surface area contributed by atoms with Gasteiger partial charge in [-0.2, -0.15) is 20.2 Å². The molecule has 0 atom stereocenters. The molecule has 4 aromatic rings. The van der Waals surface area contributed by atoms with Gasteiger partial charge in [0.25, 0.3) is 0 Å². The zero-order chi connectivity index (χ0) is 41.2. The Kier molecular flexibility index (Phi) is 15.4. The zero-order valence-corrected chi connectivity index (χ0v) is 30.7. The third-order valence-corrected chi connectivity index (χ3v) is 8.54. The van der Waals surface area contributed by atoms with E-state index in [-0.39, 0.29) is 11.4 Å². The maximum atomic E-state index is 9.61. The molecule has 2 heterocycles. The van der Waals surface area contributed by atoms with E-state index < -0.39 is 0 Å². The molecule has 0 amide bonds. The predicted octanol–water partition coefficient (Wildman–Crippen LogP) is 4.38. The van der Waals surface area contributed by atoms with Crippen molar-refractivity contribution in [1.29, 1.82) is 10.5 Å². The maximum Gasteiger partial charge on any atom is 0.536 e. The smallest absolute Gasteiger partial charge is 0.192 e.